The van der Waals surface area contributed by atoms with Crippen LogP contribution in [-0.2, 0) is 51.8 Å². The number of nitro benzene ring substituents is 2. The monoisotopic (exact) mass is 1760 g/mol. The van der Waals surface area contributed by atoms with Gasteiger partial charge in [0.1, 0.15) is 34.3 Å². The van der Waals surface area contributed by atoms with Crippen molar-refractivity contribution in [3.05, 3.63) is 257 Å². The Kier molecular flexibility index (Phi) is 25.7. The Hall–Kier alpha value is -10.7. The molecule has 6 aromatic carbocycles. The van der Waals surface area contributed by atoms with Crippen LogP contribution >= 0.6 is 23.2 Å². The number of benzene rings is 6. The summed E-state index contributed by atoms with van der Waals surface area (Å²) >= 11 is 12.5. The van der Waals surface area contributed by atoms with E-state index in [9.17, 15) is 46.7 Å². The normalized spacial score (nSPS) is 18.9. The minimum atomic E-state index is -4.55. The lowest BCUT2D eigenvalue weighted by Gasteiger charge is -2.47. The maximum absolute atomic E-state index is 13.9. The van der Waals surface area contributed by atoms with Gasteiger partial charge in [-0.15, -0.1) is 0 Å². The number of aromatic nitrogens is 4. The van der Waals surface area contributed by atoms with Gasteiger partial charge in [-0.3, -0.25) is 39.6 Å². The van der Waals surface area contributed by atoms with Crippen LogP contribution in [0.3, 0.4) is 0 Å². The summed E-state index contributed by atoms with van der Waals surface area (Å²) in [6.07, 6.45) is 23.6. The molecular formula is C93H97Cl2N11O16S2. The van der Waals surface area contributed by atoms with Gasteiger partial charge in [0.25, 0.3) is 43.2 Å². The molecule has 1 atom stereocenters. The first kappa shape index (κ1) is 85.5. The molecule has 2 spiro atoms. The molecule has 2 amide bonds. The molecule has 0 unspecified atom stereocenters. The number of nitro groups is 2. The Bertz CT molecular complexity index is 6030. The Balaban J connectivity index is 0.000000176. The van der Waals surface area contributed by atoms with Gasteiger partial charge < -0.3 is 43.3 Å². The second-order valence-electron chi connectivity index (χ2n) is 33.8. The zero-order valence-corrected chi connectivity index (χ0v) is 71.7. The molecule has 0 bridgehead atoms. The number of ether oxygens (including phenoxy) is 6. The number of rotatable bonds is 26. The number of fused-ring (bicyclic) bond motifs is 2. The van der Waals surface area contributed by atoms with Crippen LogP contribution in [0, 0.1) is 37.0 Å². The van der Waals surface area contributed by atoms with Crippen molar-refractivity contribution in [3.8, 4) is 23.0 Å². The summed E-state index contributed by atoms with van der Waals surface area (Å²) in [5.74, 6) is -0.524. The molecule has 4 N–H and O–H groups in total. The molecule has 5 aliphatic heterocycles. The standard InChI is InChI=1S/C47H48ClN5O8S.C46H49ClN6O8S/c48-37-7-2-32(3-8-37)42-27-47(16-1-17-47)18-12-36(42)29-52-20-14-31(15-21-52)34-6-11-41(44(25-34)61-39-24-35-13-19-49-45(35)50-28-39)46(54)51-62(57,58)40-10-5-33(43(26-40)53(55)56)4-9-38-30-59-22-23-60-38;47-36-6-3-32(4-7-36)41-26-46(29-60-30-46)15-11-35(41)28-51-17-19-52(20-18-51)37-8-10-40(43(24-37)61-38-23-34-12-16-48-44(34)49-27-38)45(54)50-62(57,58)39-9-5-33(42(25-39)53(55)56)2-1-31-13-21-59-22-14-31/h2-3,5-8,10-11,13-14,19,24-26,28,38H,1,4,9,12,15-18,20-23,27,29-30H2,(H,49,50)(H,51,54);3-10,12,16,23-25,27,31H,1-2,11,13-15,17-22,26,28-30H2,(H,48,49)(H,50,54)/t38-;/m1./s1. The van der Waals surface area contributed by atoms with E-state index in [0.717, 1.165) is 173 Å². The number of nitrogens with zero attached hydrogens (tertiary/aromatic N) is 7. The summed E-state index contributed by atoms with van der Waals surface area (Å²) in [5, 5.41) is 27.3. The average Bonchev–Trinajstić information content (AvgIpc) is 0.973. The van der Waals surface area contributed by atoms with Gasteiger partial charge >= 0.3 is 0 Å². The van der Waals surface area contributed by atoms with Crippen LogP contribution in [0.4, 0.5) is 17.1 Å². The topological polar surface area (TPSA) is 335 Å². The van der Waals surface area contributed by atoms with Crippen LogP contribution in [0.1, 0.15) is 138 Å². The molecule has 10 aromatic rings. The van der Waals surface area contributed by atoms with E-state index in [1.54, 1.807) is 60.9 Å². The summed E-state index contributed by atoms with van der Waals surface area (Å²) in [6.45, 7) is 10.7. The largest absolute Gasteiger partial charge is 0.455 e. The lowest BCUT2D eigenvalue weighted by molar-refractivity contribution is -0.385. The van der Waals surface area contributed by atoms with E-state index in [4.69, 9.17) is 51.6 Å². The smallest absolute Gasteiger partial charge is 0.273 e. The highest BCUT2D eigenvalue weighted by atomic mass is 35.5. The van der Waals surface area contributed by atoms with Crippen molar-refractivity contribution in [2.24, 2.45) is 16.7 Å². The minimum Gasteiger partial charge on any atom is -0.455 e. The van der Waals surface area contributed by atoms with Gasteiger partial charge in [-0.05, 0) is 226 Å². The fourth-order valence-corrected chi connectivity index (χ4v) is 20.6. The van der Waals surface area contributed by atoms with Crippen molar-refractivity contribution >= 4 is 111 Å². The van der Waals surface area contributed by atoms with Crippen LogP contribution in [0.15, 0.2) is 197 Å². The zero-order valence-electron chi connectivity index (χ0n) is 68.6. The molecule has 646 valence electrons. The molecule has 124 heavy (non-hydrogen) atoms. The predicted octanol–water partition coefficient (Wildman–Crippen LogP) is 17.5. The Morgan fingerprint density at radius 1 is 0.556 bits per heavy atom. The number of piperazine rings is 1. The van der Waals surface area contributed by atoms with Crippen LogP contribution in [-0.4, -0.2) is 173 Å². The summed E-state index contributed by atoms with van der Waals surface area (Å²) in [7, 11) is -9.08. The van der Waals surface area contributed by atoms with Crippen LogP contribution in [0.2, 0.25) is 10.0 Å². The third-order valence-electron chi connectivity index (χ3n) is 25.7. The number of amides is 2. The number of anilines is 1. The SMILES string of the molecule is O=C(NS(=O)(=O)c1ccc(CCC2CCOCC2)c([N+](=O)[O-])c1)c1ccc(N2CCN(CC3=C(c4ccc(Cl)cc4)CC4(CC3)COC4)CC2)cc1Oc1cnc2[nH]ccc2c1.O=C(NS(=O)(=O)c1ccc(CC[C@@H]2COCCO2)c([N+](=O)[O-])c1)c1ccc(C2=CCN(CC3=C(c4ccc(Cl)cc4)CC4(CCC4)CC3)CC2)cc1Oc1cnc2[nH]ccc2c1. The van der Waals surface area contributed by atoms with Crippen molar-refractivity contribution in [2.45, 2.75) is 119 Å². The van der Waals surface area contributed by atoms with Crippen molar-refractivity contribution in [2.75, 3.05) is 104 Å². The second-order valence-corrected chi connectivity index (χ2v) is 38.0. The van der Waals surface area contributed by atoms with Gasteiger partial charge in [0.15, 0.2) is 0 Å². The van der Waals surface area contributed by atoms with E-state index in [0.29, 0.717) is 91.1 Å². The van der Waals surface area contributed by atoms with Gasteiger partial charge in [0.2, 0.25) is 0 Å². The molecule has 8 aliphatic rings. The number of aromatic amines is 2. The number of sulfonamides is 2. The quantitative estimate of drug-likeness (QED) is 0.0289. The Morgan fingerprint density at radius 3 is 1.62 bits per heavy atom. The fourth-order valence-electron chi connectivity index (χ4n) is 18.4. The maximum Gasteiger partial charge on any atom is 0.273 e. The second kappa shape index (κ2) is 37.2. The van der Waals surface area contributed by atoms with Crippen LogP contribution in [0.25, 0.3) is 38.8 Å². The summed E-state index contributed by atoms with van der Waals surface area (Å²) in [4.78, 5) is 72.2. The summed E-state index contributed by atoms with van der Waals surface area (Å²) < 4.78 is 93.9. The highest BCUT2D eigenvalue weighted by Crippen LogP contribution is 2.56. The molecular weight excluding hydrogens is 1660 g/mol. The number of allylic oxidation sites excluding steroid dienone is 2. The van der Waals surface area contributed by atoms with E-state index in [2.05, 4.69) is 74.4 Å². The first-order valence-corrected chi connectivity index (χ1v) is 46.1. The molecule has 4 aromatic heterocycles. The zero-order chi connectivity index (χ0) is 85.7. The molecule has 4 saturated heterocycles. The number of halogens is 2. The van der Waals surface area contributed by atoms with Crippen LogP contribution < -0.4 is 23.8 Å². The summed E-state index contributed by atoms with van der Waals surface area (Å²) in [6, 6.07) is 41.4. The van der Waals surface area contributed by atoms with Gasteiger partial charge in [-0.25, -0.2) is 36.2 Å². The molecule has 5 fully saturated rings. The number of hydrogen-bond donors (Lipinski definition) is 4. The predicted molar refractivity (Wildman–Crippen MR) is 473 cm³/mol. The van der Waals surface area contributed by atoms with E-state index in [1.165, 1.54) is 95.8 Å². The van der Waals surface area contributed by atoms with E-state index in [1.807, 2.05) is 36.4 Å². The molecule has 0 radical (unpaired) electrons. The molecule has 27 nitrogen and oxygen atoms in total. The number of nitrogens with one attached hydrogen (secondary N) is 4. The first-order valence-electron chi connectivity index (χ1n) is 42.4. The Labute approximate surface area is 728 Å². The lowest BCUT2D eigenvalue weighted by atomic mass is 9.59. The number of hydrogen-bond acceptors (Lipinski definition) is 21. The van der Waals surface area contributed by atoms with Crippen molar-refractivity contribution < 1.29 is 64.7 Å². The number of pyridine rings is 2. The average molecular weight is 1760 g/mol. The van der Waals surface area contributed by atoms with Gasteiger partial charge in [0, 0.05) is 139 Å². The highest BCUT2D eigenvalue weighted by molar-refractivity contribution is 7.90. The van der Waals surface area contributed by atoms with E-state index in [-0.39, 0.29) is 56.8 Å². The van der Waals surface area contributed by atoms with Crippen molar-refractivity contribution in [1.82, 2.24) is 39.2 Å². The van der Waals surface area contributed by atoms with Gasteiger partial charge in [0.05, 0.1) is 82.3 Å². The molecule has 1 saturated carbocycles. The summed E-state index contributed by atoms with van der Waals surface area (Å²) in [5.41, 5.74) is 13.1. The van der Waals surface area contributed by atoms with Gasteiger partial charge in [-0.1, -0.05) is 89.3 Å². The molecule has 9 heterocycles. The minimum absolute atomic E-state index is 0.0266. The molecule has 31 heteroatoms. The number of aryl methyl sites for hydroxylation is 2. The molecule has 3 aliphatic carbocycles. The third-order valence-corrected chi connectivity index (χ3v) is 28.9. The van der Waals surface area contributed by atoms with Gasteiger partial charge in [-0.2, -0.15) is 0 Å². The number of H-pyrrole nitrogens is 2. The van der Waals surface area contributed by atoms with Crippen molar-refractivity contribution in [3.63, 3.8) is 0 Å². The maximum atomic E-state index is 13.9. The first-order chi connectivity index (χ1) is 60.0. The van der Waals surface area contributed by atoms with E-state index >= 15 is 0 Å². The lowest BCUT2D eigenvalue weighted by Crippen LogP contribution is -2.48. The highest BCUT2D eigenvalue weighted by Gasteiger charge is 2.44. The Morgan fingerprint density at radius 2 is 1.10 bits per heavy atom. The number of carbonyl (C=O) groups excluding carboxylic acids is 2. The van der Waals surface area contributed by atoms with Crippen LogP contribution in [0.5, 0.6) is 23.0 Å². The third kappa shape index (κ3) is 19.8. The number of carbonyl (C=O) groups is 2. The molecule has 18 rings (SSSR count). The van der Waals surface area contributed by atoms with E-state index < -0.39 is 46.6 Å². The fraction of sp³-hybridized carbons (Fsp3) is 0.376. The van der Waals surface area contributed by atoms with Crippen molar-refractivity contribution in [1.29, 1.82) is 0 Å².